The van der Waals surface area contributed by atoms with Gasteiger partial charge in [-0.05, 0) is 24.6 Å². The van der Waals surface area contributed by atoms with Crippen LogP contribution in [0.5, 0.6) is 5.88 Å². The van der Waals surface area contributed by atoms with Crippen LogP contribution in [0.25, 0.3) is 0 Å². The van der Waals surface area contributed by atoms with E-state index in [4.69, 9.17) is 31.1 Å². The number of carbonyl (C=O) groups is 1. The van der Waals surface area contributed by atoms with Crippen molar-refractivity contribution in [3.05, 3.63) is 40.9 Å². The van der Waals surface area contributed by atoms with Gasteiger partial charge in [0.2, 0.25) is 5.82 Å². The van der Waals surface area contributed by atoms with Gasteiger partial charge in [0.25, 0.3) is 5.88 Å². The molecule has 2 saturated heterocycles. The number of aromatic nitrogens is 2. The number of halogens is 2. The fraction of sp³-hybridized carbons (Fsp3) is 0.520. The Morgan fingerprint density at radius 1 is 1.28 bits per heavy atom. The van der Waals surface area contributed by atoms with Gasteiger partial charge in [0.15, 0.2) is 5.82 Å². The summed E-state index contributed by atoms with van der Waals surface area (Å²) in [5.74, 6) is -1.35. The summed E-state index contributed by atoms with van der Waals surface area (Å²) >= 11 is 6.20. The van der Waals surface area contributed by atoms with Gasteiger partial charge in [-0.2, -0.15) is 14.6 Å². The Balaban J connectivity index is 1.40. The molecule has 0 saturated carbocycles. The summed E-state index contributed by atoms with van der Waals surface area (Å²) in [6.45, 7) is 4.11. The van der Waals surface area contributed by atoms with E-state index in [0.29, 0.717) is 44.2 Å². The van der Waals surface area contributed by atoms with Crippen molar-refractivity contribution in [2.24, 2.45) is 11.8 Å². The number of likely N-dealkylation sites (tertiary alicyclic amines) is 1. The lowest BCUT2D eigenvalue weighted by atomic mass is 9.84. The Bertz CT molecular complexity index is 1100. The first kappa shape index (κ1) is 25.9. The molecule has 2 aliphatic heterocycles. The van der Waals surface area contributed by atoms with Gasteiger partial charge in [0, 0.05) is 24.9 Å². The van der Waals surface area contributed by atoms with Crippen LogP contribution in [0, 0.1) is 29.0 Å². The molecule has 11 heteroatoms. The number of rotatable bonds is 9. The molecular weight excluding hydrogens is 489 g/mol. The van der Waals surface area contributed by atoms with E-state index in [1.807, 2.05) is 6.07 Å². The van der Waals surface area contributed by atoms with Crippen LogP contribution < -0.4 is 10.1 Å². The second-order valence-corrected chi connectivity index (χ2v) is 9.40. The molecule has 36 heavy (non-hydrogen) atoms. The van der Waals surface area contributed by atoms with Crippen molar-refractivity contribution in [1.29, 1.82) is 5.26 Å². The van der Waals surface area contributed by atoms with Gasteiger partial charge in [-0.25, -0.2) is 9.78 Å². The lowest BCUT2D eigenvalue weighted by molar-refractivity contribution is -0.110. The lowest BCUT2D eigenvalue weighted by Crippen LogP contribution is -2.58. The topological polar surface area (TPSA) is 110 Å². The summed E-state index contributed by atoms with van der Waals surface area (Å²) in [4.78, 5) is 22.2. The monoisotopic (exact) mass is 517 g/mol. The Hall–Kier alpha value is -3.16. The van der Waals surface area contributed by atoms with Gasteiger partial charge in [-0.3, -0.25) is 0 Å². The van der Waals surface area contributed by atoms with Crippen LogP contribution in [0.4, 0.5) is 20.7 Å². The number of ether oxygens (including phenoxy) is 3. The van der Waals surface area contributed by atoms with E-state index in [9.17, 15) is 4.79 Å². The lowest BCUT2D eigenvalue weighted by Gasteiger charge is -2.45. The first-order valence-corrected chi connectivity index (χ1v) is 12.5. The van der Waals surface area contributed by atoms with Gasteiger partial charge in [0.05, 0.1) is 42.2 Å². The van der Waals surface area contributed by atoms with E-state index >= 15 is 4.39 Å². The fourth-order valence-electron chi connectivity index (χ4n) is 4.49. The molecule has 2 aliphatic rings. The molecule has 2 atom stereocenters. The van der Waals surface area contributed by atoms with Gasteiger partial charge < -0.3 is 24.4 Å². The highest BCUT2D eigenvalue weighted by Gasteiger charge is 2.44. The molecule has 2 aromatic rings. The van der Waals surface area contributed by atoms with Gasteiger partial charge in [-0.15, -0.1) is 0 Å². The second-order valence-electron chi connectivity index (χ2n) is 8.99. The number of benzene rings is 1. The Kier molecular flexibility index (Phi) is 8.78. The minimum Gasteiger partial charge on any atom is -0.471 e. The van der Waals surface area contributed by atoms with E-state index in [1.54, 1.807) is 17.0 Å². The molecule has 9 nitrogen and oxygen atoms in total. The number of unbranched alkanes of at least 4 members (excludes halogenated alkanes) is 3. The highest BCUT2D eigenvalue weighted by Crippen LogP contribution is 2.34. The largest absolute Gasteiger partial charge is 0.471 e. The Morgan fingerprint density at radius 2 is 2.06 bits per heavy atom. The standard InChI is InChI=1S/C25H29ClFN5O4/c1-2-3-4-5-8-35-25(33)32-11-17-13-34-14-18(12-32)22(17)36-24-21(27)23(29-15-30-24)31-20-7-6-16(10-28)9-19(20)26/h6-7,9,15,17-18,22H,2-5,8,11-14H2,1H3,(H,29,30,31). The Labute approximate surface area is 214 Å². The van der Waals surface area contributed by atoms with Crippen molar-refractivity contribution in [3.63, 3.8) is 0 Å². The van der Waals surface area contributed by atoms with Gasteiger partial charge in [-0.1, -0.05) is 37.8 Å². The molecule has 0 aliphatic carbocycles. The van der Waals surface area contributed by atoms with Crippen LogP contribution in [-0.4, -0.2) is 60.0 Å². The number of hydrogen-bond acceptors (Lipinski definition) is 8. The van der Waals surface area contributed by atoms with Crippen molar-refractivity contribution in [3.8, 4) is 11.9 Å². The van der Waals surface area contributed by atoms with Crippen LogP contribution in [-0.2, 0) is 9.47 Å². The quantitative estimate of drug-likeness (QED) is 0.466. The fourth-order valence-corrected chi connectivity index (χ4v) is 4.71. The summed E-state index contributed by atoms with van der Waals surface area (Å²) in [7, 11) is 0. The summed E-state index contributed by atoms with van der Waals surface area (Å²) in [5, 5.41) is 12.1. The number of anilines is 2. The van der Waals surface area contributed by atoms with E-state index in [1.165, 1.54) is 12.4 Å². The molecule has 1 N–H and O–H groups in total. The molecule has 1 aromatic carbocycles. The molecule has 3 heterocycles. The zero-order valence-corrected chi connectivity index (χ0v) is 20.8. The molecule has 1 aromatic heterocycles. The molecule has 2 fully saturated rings. The highest BCUT2D eigenvalue weighted by molar-refractivity contribution is 6.33. The minimum atomic E-state index is -0.758. The van der Waals surface area contributed by atoms with Crippen molar-refractivity contribution >= 4 is 29.2 Å². The number of hydrogen-bond donors (Lipinski definition) is 1. The molecule has 4 rings (SSSR count). The number of nitrogens with zero attached hydrogens (tertiary/aromatic N) is 4. The Morgan fingerprint density at radius 3 is 2.75 bits per heavy atom. The number of nitrogens with one attached hydrogen (secondary N) is 1. The number of carbonyl (C=O) groups excluding carboxylic acids is 1. The molecule has 2 bridgehead atoms. The average Bonchev–Trinajstić information content (AvgIpc) is 2.87. The van der Waals surface area contributed by atoms with Crippen molar-refractivity contribution in [2.75, 3.05) is 38.2 Å². The number of piperidine rings is 1. The molecule has 1 amide bonds. The second kappa shape index (κ2) is 12.2. The number of amides is 1. The van der Waals surface area contributed by atoms with Crippen LogP contribution in [0.2, 0.25) is 5.02 Å². The molecule has 192 valence electrons. The van der Waals surface area contributed by atoms with Crippen molar-refractivity contribution in [2.45, 2.75) is 38.7 Å². The van der Waals surface area contributed by atoms with Crippen LogP contribution in [0.3, 0.4) is 0 Å². The van der Waals surface area contributed by atoms with Crippen LogP contribution in [0.1, 0.15) is 38.2 Å². The van der Waals surface area contributed by atoms with Crippen molar-refractivity contribution < 1.29 is 23.4 Å². The third kappa shape index (κ3) is 6.15. The highest BCUT2D eigenvalue weighted by atomic mass is 35.5. The number of fused-ring (bicyclic) bond motifs is 2. The van der Waals surface area contributed by atoms with E-state index in [0.717, 1.165) is 25.7 Å². The smallest absolute Gasteiger partial charge is 0.409 e. The van der Waals surface area contributed by atoms with Crippen LogP contribution in [0.15, 0.2) is 24.5 Å². The van der Waals surface area contributed by atoms with Gasteiger partial charge in [0.1, 0.15) is 12.4 Å². The number of nitriles is 1. The predicted molar refractivity (Wildman–Crippen MR) is 131 cm³/mol. The molecular formula is C25H29ClFN5O4. The van der Waals surface area contributed by atoms with E-state index in [-0.39, 0.29) is 40.8 Å². The van der Waals surface area contributed by atoms with E-state index < -0.39 is 5.82 Å². The third-order valence-corrected chi connectivity index (χ3v) is 6.65. The molecule has 0 spiro atoms. The summed E-state index contributed by atoms with van der Waals surface area (Å²) < 4.78 is 32.5. The zero-order chi connectivity index (χ0) is 25.5. The third-order valence-electron chi connectivity index (χ3n) is 6.34. The first-order chi connectivity index (χ1) is 17.5. The summed E-state index contributed by atoms with van der Waals surface area (Å²) in [6.07, 6.45) is 4.64. The predicted octanol–water partition coefficient (Wildman–Crippen LogP) is 4.93. The average molecular weight is 518 g/mol. The SMILES string of the molecule is CCCCCCOC(=O)N1CC2COCC(C1)C2Oc1ncnc(Nc2ccc(C#N)cc2Cl)c1F. The van der Waals surface area contributed by atoms with Crippen LogP contribution >= 0.6 is 11.6 Å². The van der Waals surface area contributed by atoms with E-state index in [2.05, 4.69) is 22.2 Å². The maximum Gasteiger partial charge on any atom is 0.409 e. The summed E-state index contributed by atoms with van der Waals surface area (Å²) in [6, 6.07) is 6.61. The maximum atomic E-state index is 15.3. The normalized spacial score (nSPS) is 20.9. The maximum absolute atomic E-state index is 15.3. The molecule has 2 unspecified atom stereocenters. The minimum absolute atomic E-state index is 0.0999. The zero-order valence-electron chi connectivity index (χ0n) is 20.1. The van der Waals surface area contributed by atoms with Gasteiger partial charge >= 0.3 is 6.09 Å². The van der Waals surface area contributed by atoms with Crippen molar-refractivity contribution in [1.82, 2.24) is 14.9 Å². The first-order valence-electron chi connectivity index (χ1n) is 12.1. The molecule has 0 radical (unpaired) electrons. The summed E-state index contributed by atoms with van der Waals surface area (Å²) in [5.41, 5.74) is 0.782.